The highest BCUT2D eigenvalue weighted by molar-refractivity contribution is 9.11. The fourth-order valence-corrected chi connectivity index (χ4v) is 5.19. The number of nitrogens with two attached hydrogens (primary N) is 2. The molecular weight excluding hydrogens is 556 g/mol. The van der Waals surface area contributed by atoms with Crippen LogP contribution >= 0.6 is 31.9 Å². The Hall–Kier alpha value is -1.36. The largest absolute Gasteiger partial charge is 0.456 e. The van der Waals surface area contributed by atoms with E-state index in [4.69, 9.17) is 35.2 Å². The van der Waals surface area contributed by atoms with Gasteiger partial charge in [0.1, 0.15) is 11.5 Å². The normalized spacial score (nSPS) is 26.8. The number of nitrogen functional groups attached to an aromatic ring is 2. The minimum absolute atomic E-state index is 0.183. The van der Waals surface area contributed by atoms with Crippen molar-refractivity contribution in [3.63, 3.8) is 0 Å². The predicted molar refractivity (Wildman–Crippen MR) is 131 cm³/mol. The zero-order chi connectivity index (χ0) is 22.7. The zero-order valence-electron chi connectivity index (χ0n) is 18.1. The molecule has 4 atom stereocenters. The molecule has 4 fully saturated rings. The van der Waals surface area contributed by atoms with Crippen molar-refractivity contribution >= 4 is 43.2 Å². The lowest BCUT2D eigenvalue weighted by Gasteiger charge is -2.24. The van der Waals surface area contributed by atoms with Crippen molar-refractivity contribution < 1.29 is 23.7 Å². The van der Waals surface area contributed by atoms with E-state index in [0.717, 1.165) is 100 Å². The van der Waals surface area contributed by atoms with Gasteiger partial charge >= 0.3 is 0 Å². The van der Waals surface area contributed by atoms with Gasteiger partial charge in [0.2, 0.25) is 0 Å². The second kappa shape index (κ2) is 8.70. The molecule has 0 spiro atoms. The summed E-state index contributed by atoms with van der Waals surface area (Å²) in [5.74, 6) is 1.61. The van der Waals surface area contributed by atoms with Crippen molar-refractivity contribution in [3.05, 3.63) is 43.3 Å². The molecule has 4 N–H and O–H groups in total. The van der Waals surface area contributed by atoms with E-state index in [-0.39, 0.29) is 24.4 Å². The summed E-state index contributed by atoms with van der Waals surface area (Å²) in [6.07, 6.45) is 3.80. The third-order valence-corrected chi connectivity index (χ3v) is 8.08. The topological polar surface area (TPSA) is 111 Å². The molecule has 2 aromatic rings. The Kier molecular flexibility index (Phi) is 5.83. The van der Waals surface area contributed by atoms with Crippen LogP contribution in [0.4, 0.5) is 11.4 Å². The Bertz CT molecular complexity index is 1100. The van der Waals surface area contributed by atoms with E-state index in [2.05, 4.69) is 31.9 Å². The molecule has 0 bridgehead atoms. The summed E-state index contributed by atoms with van der Waals surface area (Å²) in [5, 5.41) is 0. The van der Waals surface area contributed by atoms with Crippen molar-refractivity contribution in [2.45, 2.75) is 50.1 Å². The molecule has 176 valence electrons. The van der Waals surface area contributed by atoms with Gasteiger partial charge < -0.3 is 35.2 Å². The molecule has 4 aliphatic heterocycles. The van der Waals surface area contributed by atoms with Crippen molar-refractivity contribution in [1.82, 2.24) is 0 Å². The maximum absolute atomic E-state index is 6.79. The maximum atomic E-state index is 6.79. The predicted octanol–water partition coefficient (Wildman–Crippen LogP) is 3.93. The van der Waals surface area contributed by atoms with Crippen LogP contribution in [0.1, 0.15) is 22.3 Å². The van der Waals surface area contributed by atoms with E-state index < -0.39 is 0 Å². The van der Waals surface area contributed by atoms with Crippen molar-refractivity contribution in [2.75, 3.05) is 37.9 Å². The molecule has 9 heteroatoms. The van der Waals surface area contributed by atoms with Crippen molar-refractivity contribution in [3.8, 4) is 11.5 Å². The van der Waals surface area contributed by atoms with E-state index in [1.807, 2.05) is 12.1 Å². The first kappa shape index (κ1) is 22.1. The first-order valence-electron chi connectivity index (χ1n) is 11.3. The van der Waals surface area contributed by atoms with Gasteiger partial charge in [-0.15, -0.1) is 0 Å². The van der Waals surface area contributed by atoms with Gasteiger partial charge in [0.15, 0.2) is 0 Å². The average molecular weight is 582 g/mol. The van der Waals surface area contributed by atoms with Crippen LogP contribution in [-0.2, 0) is 44.6 Å². The number of rotatable bonds is 10. The standard InChI is InChI=1S/C24H26Br2N2O5/c25-19-6-21(11(2-20(19)27)1-12-7-29-12)33-24-17(4-14-9-31-14)16(3-13-8-30-13)23(28)22(26)18(24)5-15-10-32-15/h2,6,12-15H,1,3-5,7-10,27-28H2. The van der Waals surface area contributed by atoms with Gasteiger partial charge in [0.25, 0.3) is 0 Å². The van der Waals surface area contributed by atoms with Crippen LogP contribution in [0, 0.1) is 0 Å². The first-order chi connectivity index (χ1) is 16.0. The maximum Gasteiger partial charge on any atom is 0.135 e. The summed E-state index contributed by atoms with van der Waals surface area (Å²) in [6.45, 7) is 3.04. The molecule has 33 heavy (non-hydrogen) atoms. The number of epoxide rings is 4. The Labute approximate surface area is 209 Å². The number of hydrogen-bond acceptors (Lipinski definition) is 7. The quantitative estimate of drug-likeness (QED) is 0.323. The van der Waals surface area contributed by atoms with E-state index in [9.17, 15) is 0 Å². The Morgan fingerprint density at radius 3 is 1.85 bits per heavy atom. The molecule has 4 unspecified atom stereocenters. The monoisotopic (exact) mass is 580 g/mol. The fraction of sp³-hybridized carbons (Fsp3) is 0.500. The molecule has 0 aromatic heterocycles. The van der Waals surface area contributed by atoms with E-state index in [1.165, 1.54) is 0 Å². The highest BCUT2D eigenvalue weighted by Gasteiger charge is 2.35. The van der Waals surface area contributed by atoms with Crippen LogP contribution in [0.5, 0.6) is 11.5 Å². The molecule has 7 nitrogen and oxygen atoms in total. The molecular formula is C24H26Br2N2O5. The number of ether oxygens (including phenoxy) is 5. The molecule has 4 aliphatic rings. The average Bonchev–Trinajstić information content (AvgIpc) is 3.61. The highest BCUT2D eigenvalue weighted by atomic mass is 79.9. The third-order valence-electron chi connectivity index (χ3n) is 6.48. The summed E-state index contributed by atoms with van der Waals surface area (Å²) in [4.78, 5) is 0. The molecule has 0 radical (unpaired) electrons. The zero-order valence-corrected chi connectivity index (χ0v) is 21.2. The molecule has 6 rings (SSSR count). The van der Waals surface area contributed by atoms with Crippen molar-refractivity contribution in [2.24, 2.45) is 0 Å². The van der Waals surface area contributed by atoms with Gasteiger partial charge in [-0.3, -0.25) is 0 Å². The molecule has 2 aromatic carbocycles. The fourth-order valence-electron chi connectivity index (χ4n) is 4.29. The van der Waals surface area contributed by atoms with E-state index in [1.54, 1.807) is 0 Å². The Morgan fingerprint density at radius 2 is 1.27 bits per heavy atom. The van der Waals surface area contributed by atoms with Gasteiger partial charge in [0, 0.05) is 57.1 Å². The third kappa shape index (κ3) is 5.04. The van der Waals surface area contributed by atoms with Gasteiger partial charge in [0.05, 0.1) is 50.8 Å². The number of hydrogen-bond donors (Lipinski definition) is 2. The van der Waals surface area contributed by atoms with Crippen LogP contribution in [-0.4, -0.2) is 50.8 Å². The molecule has 0 amide bonds. The molecule has 0 aliphatic carbocycles. The Balaban J connectivity index is 1.47. The summed E-state index contributed by atoms with van der Waals surface area (Å²) in [5.41, 5.74) is 18.6. The second-order valence-electron chi connectivity index (χ2n) is 9.21. The van der Waals surface area contributed by atoms with Gasteiger partial charge in [-0.1, -0.05) is 0 Å². The van der Waals surface area contributed by atoms with E-state index in [0.29, 0.717) is 5.69 Å². The summed E-state index contributed by atoms with van der Waals surface area (Å²) >= 11 is 7.36. The second-order valence-corrected chi connectivity index (χ2v) is 10.9. The van der Waals surface area contributed by atoms with E-state index >= 15 is 0 Å². The van der Waals surface area contributed by atoms with Crippen molar-refractivity contribution in [1.29, 1.82) is 0 Å². The summed E-state index contributed by atoms with van der Waals surface area (Å²) < 4.78 is 30.7. The van der Waals surface area contributed by atoms with Gasteiger partial charge in [-0.05, 0) is 55.1 Å². The van der Waals surface area contributed by atoms with Gasteiger partial charge in [-0.25, -0.2) is 0 Å². The minimum atomic E-state index is 0.183. The minimum Gasteiger partial charge on any atom is -0.456 e. The molecule has 4 saturated heterocycles. The highest BCUT2D eigenvalue weighted by Crippen LogP contribution is 2.46. The lowest BCUT2D eigenvalue weighted by atomic mass is 9.92. The summed E-state index contributed by atoms with van der Waals surface area (Å²) in [6, 6.07) is 3.93. The van der Waals surface area contributed by atoms with Crippen LogP contribution in [0.2, 0.25) is 0 Å². The molecule has 0 saturated carbocycles. The lowest BCUT2D eigenvalue weighted by molar-refractivity contribution is 0.390. The number of benzene rings is 2. The van der Waals surface area contributed by atoms with Crippen LogP contribution in [0.25, 0.3) is 0 Å². The number of anilines is 2. The van der Waals surface area contributed by atoms with Crippen LogP contribution in [0.3, 0.4) is 0 Å². The first-order valence-corrected chi connectivity index (χ1v) is 12.9. The Morgan fingerprint density at radius 1 is 0.758 bits per heavy atom. The SMILES string of the molecule is Nc1cc(CC2CO2)c(Oc2c(CC3CO3)c(Br)c(N)c(CC3CO3)c2CC2CO2)cc1Br. The number of halogens is 2. The van der Waals surface area contributed by atoms with Crippen LogP contribution in [0.15, 0.2) is 21.1 Å². The lowest BCUT2D eigenvalue weighted by Crippen LogP contribution is -2.13. The smallest absolute Gasteiger partial charge is 0.135 e. The molecule has 4 heterocycles. The summed E-state index contributed by atoms with van der Waals surface area (Å²) in [7, 11) is 0. The van der Waals surface area contributed by atoms with Crippen LogP contribution < -0.4 is 16.2 Å². The van der Waals surface area contributed by atoms with Gasteiger partial charge in [-0.2, -0.15) is 0 Å².